The first-order valence-electron chi connectivity index (χ1n) is 10.1. The van der Waals surface area contributed by atoms with Gasteiger partial charge in [0.2, 0.25) is 0 Å². The highest BCUT2D eigenvalue weighted by atomic mass is 16.5. The Balaban J connectivity index is 1.93. The van der Waals surface area contributed by atoms with E-state index in [4.69, 9.17) is 9.72 Å². The van der Waals surface area contributed by atoms with Crippen LogP contribution in [0.1, 0.15) is 38.2 Å². The van der Waals surface area contributed by atoms with Crippen molar-refractivity contribution in [3.05, 3.63) is 94.0 Å². The van der Waals surface area contributed by atoms with Crippen LogP contribution >= 0.6 is 0 Å². The van der Waals surface area contributed by atoms with E-state index in [1.165, 1.54) is 0 Å². The maximum atomic E-state index is 13.4. The minimum atomic E-state index is -0.356. The SMILES string of the molecule is Cc1cc(C)c2nc(-c3ccccc3)c(C)c(C(=O)Oc3ccc(C)c(C)c3)c2c1. The van der Waals surface area contributed by atoms with Crippen molar-refractivity contribution in [3.8, 4) is 17.0 Å². The van der Waals surface area contributed by atoms with Gasteiger partial charge in [0.1, 0.15) is 5.75 Å². The molecule has 0 spiro atoms. The Kier molecular flexibility index (Phi) is 5.13. The molecule has 3 heteroatoms. The van der Waals surface area contributed by atoms with Gasteiger partial charge in [0.25, 0.3) is 0 Å². The molecule has 0 N–H and O–H groups in total. The predicted molar refractivity (Wildman–Crippen MR) is 122 cm³/mol. The number of carbonyl (C=O) groups is 1. The Hall–Kier alpha value is -3.46. The monoisotopic (exact) mass is 395 g/mol. The molecule has 0 aliphatic carbocycles. The lowest BCUT2D eigenvalue weighted by atomic mass is 9.95. The highest BCUT2D eigenvalue weighted by molar-refractivity contribution is 6.08. The fourth-order valence-corrected chi connectivity index (χ4v) is 3.89. The second-order valence-corrected chi connectivity index (χ2v) is 7.94. The summed E-state index contributed by atoms with van der Waals surface area (Å²) in [7, 11) is 0. The quantitative estimate of drug-likeness (QED) is 0.287. The van der Waals surface area contributed by atoms with Crippen LogP contribution in [0.3, 0.4) is 0 Å². The van der Waals surface area contributed by atoms with Crippen molar-refractivity contribution in [1.29, 1.82) is 0 Å². The Morgan fingerprint density at radius 1 is 0.800 bits per heavy atom. The number of aryl methyl sites for hydroxylation is 4. The minimum absolute atomic E-state index is 0.356. The Labute approximate surface area is 177 Å². The first kappa shape index (κ1) is 19.8. The molecule has 30 heavy (non-hydrogen) atoms. The lowest BCUT2D eigenvalue weighted by Crippen LogP contribution is -2.13. The van der Waals surface area contributed by atoms with Crippen molar-refractivity contribution >= 4 is 16.9 Å². The zero-order valence-corrected chi connectivity index (χ0v) is 18.0. The van der Waals surface area contributed by atoms with E-state index in [1.54, 1.807) is 0 Å². The van der Waals surface area contributed by atoms with Crippen LogP contribution in [-0.4, -0.2) is 11.0 Å². The highest BCUT2D eigenvalue weighted by Crippen LogP contribution is 2.32. The standard InChI is InChI=1S/C27H25NO2/c1-16-13-19(4)25-23(14-16)24(20(5)26(28-25)21-9-7-6-8-10-21)27(29)30-22-12-11-17(2)18(3)15-22/h6-15H,1-5H3. The molecule has 0 atom stereocenters. The summed E-state index contributed by atoms with van der Waals surface area (Å²) in [6, 6.07) is 19.8. The summed E-state index contributed by atoms with van der Waals surface area (Å²) >= 11 is 0. The van der Waals surface area contributed by atoms with Crippen molar-refractivity contribution in [3.63, 3.8) is 0 Å². The van der Waals surface area contributed by atoms with Crippen LogP contribution in [0.15, 0.2) is 60.7 Å². The number of esters is 1. The molecule has 0 saturated carbocycles. The summed E-state index contributed by atoms with van der Waals surface area (Å²) in [5, 5.41) is 0.832. The molecule has 0 unspecified atom stereocenters. The van der Waals surface area contributed by atoms with Crippen molar-refractivity contribution in [2.75, 3.05) is 0 Å². The van der Waals surface area contributed by atoms with Crippen LogP contribution in [-0.2, 0) is 0 Å². The number of ether oxygens (including phenoxy) is 1. The van der Waals surface area contributed by atoms with Crippen LogP contribution in [0.5, 0.6) is 5.75 Å². The van der Waals surface area contributed by atoms with Crippen molar-refractivity contribution < 1.29 is 9.53 Å². The van der Waals surface area contributed by atoms with Crippen molar-refractivity contribution in [1.82, 2.24) is 4.98 Å². The predicted octanol–water partition coefficient (Wildman–Crippen LogP) is 6.66. The number of hydrogen-bond donors (Lipinski definition) is 0. The average molecular weight is 396 g/mol. The van der Waals surface area contributed by atoms with Crippen LogP contribution in [0, 0.1) is 34.6 Å². The number of hydrogen-bond acceptors (Lipinski definition) is 3. The molecule has 0 amide bonds. The van der Waals surface area contributed by atoms with E-state index in [1.807, 2.05) is 89.2 Å². The second kappa shape index (κ2) is 7.75. The molecule has 0 bridgehead atoms. The first-order valence-corrected chi connectivity index (χ1v) is 10.1. The molecule has 4 aromatic rings. The Morgan fingerprint density at radius 3 is 2.23 bits per heavy atom. The van der Waals surface area contributed by atoms with Gasteiger partial charge in [-0.1, -0.05) is 48.0 Å². The van der Waals surface area contributed by atoms with Gasteiger partial charge < -0.3 is 4.74 Å². The third-order valence-electron chi connectivity index (χ3n) is 5.61. The number of fused-ring (bicyclic) bond motifs is 1. The zero-order valence-electron chi connectivity index (χ0n) is 18.0. The summed E-state index contributed by atoms with van der Waals surface area (Å²) in [5.74, 6) is 0.198. The molecule has 0 radical (unpaired) electrons. The summed E-state index contributed by atoms with van der Waals surface area (Å²) in [6.45, 7) is 10.1. The number of rotatable bonds is 3. The van der Waals surface area contributed by atoms with Gasteiger partial charge in [0, 0.05) is 10.9 Å². The largest absolute Gasteiger partial charge is 0.423 e. The van der Waals surface area contributed by atoms with Crippen LogP contribution in [0.25, 0.3) is 22.2 Å². The molecule has 3 aromatic carbocycles. The zero-order chi connectivity index (χ0) is 21.4. The molecule has 1 heterocycles. The van der Waals surface area contributed by atoms with E-state index in [0.29, 0.717) is 11.3 Å². The molecule has 1 aromatic heterocycles. The maximum absolute atomic E-state index is 13.4. The van der Waals surface area contributed by atoms with Crippen molar-refractivity contribution in [2.45, 2.75) is 34.6 Å². The number of pyridine rings is 1. The number of carbonyl (C=O) groups excluding carboxylic acids is 1. The van der Waals surface area contributed by atoms with Gasteiger partial charge in [0.15, 0.2) is 0 Å². The lowest BCUT2D eigenvalue weighted by molar-refractivity contribution is 0.0736. The van der Waals surface area contributed by atoms with Gasteiger partial charge in [-0.2, -0.15) is 0 Å². The molecule has 0 fully saturated rings. The molecule has 3 nitrogen and oxygen atoms in total. The van der Waals surface area contributed by atoms with Gasteiger partial charge in [-0.25, -0.2) is 9.78 Å². The fraction of sp³-hybridized carbons (Fsp3) is 0.185. The average Bonchev–Trinajstić information content (AvgIpc) is 2.71. The Bertz CT molecular complexity index is 1270. The van der Waals surface area contributed by atoms with Gasteiger partial charge in [-0.3, -0.25) is 0 Å². The minimum Gasteiger partial charge on any atom is -0.423 e. The van der Waals surface area contributed by atoms with Gasteiger partial charge in [-0.15, -0.1) is 0 Å². The lowest BCUT2D eigenvalue weighted by Gasteiger charge is -2.16. The Morgan fingerprint density at radius 2 is 1.53 bits per heavy atom. The van der Waals surface area contributed by atoms with E-state index in [2.05, 4.69) is 6.07 Å². The van der Waals surface area contributed by atoms with E-state index in [0.717, 1.165) is 50.0 Å². The van der Waals surface area contributed by atoms with Gasteiger partial charge in [-0.05, 0) is 75.1 Å². The number of aromatic nitrogens is 1. The molecular weight excluding hydrogens is 370 g/mol. The van der Waals surface area contributed by atoms with E-state index in [-0.39, 0.29) is 5.97 Å². The van der Waals surface area contributed by atoms with Crippen LogP contribution < -0.4 is 4.74 Å². The van der Waals surface area contributed by atoms with Crippen LogP contribution in [0.4, 0.5) is 0 Å². The molecule has 0 aliphatic heterocycles. The topological polar surface area (TPSA) is 39.2 Å². The van der Waals surface area contributed by atoms with E-state index >= 15 is 0 Å². The fourth-order valence-electron chi connectivity index (χ4n) is 3.89. The normalized spacial score (nSPS) is 11.0. The number of nitrogens with zero attached hydrogens (tertiary/aromatic N) is 1. The van der Waals surface area contributed by atoms with E-state index < -0.39 is 0 Å². The van der Waals surface area contributed by atoms with Gasteiger partial charge in [0.05, 0.1) is 16.8 Å². The molecule has 0 aliphatic rings. The summed E-state index contributed by atoms with van der Waals surface area (Å²) in [4.78, 5) is 18.4. The van der Waals surface area contributed by atoms with Crippen LogP contribution in [0.2, 0.25) is 0 Å². The number of benzene rings is 3. The summed E-state index contributed by atoms with van der Waals surface area (Å²) < 4.78 is 5.83. The maximum Gasteiger partial charge on any atom is 0.344 e. The third-order valence-corrected chi connectivity index (χ3v) is 5.61. The highest BCUT2D eigenvalue weighted by Gasteiger charge is 2.22. The van der Waals surface area contributed by atoms with Crippen molar-refractivity contribution in [2.24, 2.45) is 0 Å². The van der Waals surface area contributed by atoms with Gasteiger partial charge >= 0.3 is 5.97 Å². The summed E-state index contributed by atoms with van der Waals surface area (Å²) in [6.07, 6.45) is 0. The first-order chi connectivity index (χ1) is 14.3. The molecule has 0 saturated heterocycles. The molecular formula is C27H25NO2. The second-order valence-electron chi connectivity index (χ2n) is 7.94. The molecule has 4 rings (SSSR count). The third kappa shape index (κ3) is 3.59. The van der Waals surface area contributed by atoms with E-state index in [9.17, 15) is 4.79 Å². The summed E-state index contributed by atoms with van der Waals surface area (Å²) in [5.41, 5.74) is 8.41. The molecule has 150 valence electrons. The smallest absolute Gasteiger partial charge is 0.344 e.